The van der Waals surface area contributed by atoms with Crippen LogP contribution in [0.5, 0.6) is 0 Å². The second kappa shape index (κ2) is 9.36. The summed E-state index contributed by atoms with van der Waals surface area (Å²) >= 11 is 6.62. The van der Waals surface area contributed by atoms with Crippen molar-refractivity contribution in [2.75, 3.05) is 43.4 Å². The lowest BCUT2D eigenvalue weighted by atomic mass is 9.99. The smallest absolute Gasteiger partial charge is 0.330 e. The Hall–Kier alpha value is -3.35. The Morgan fingerprint density at radius 1 is 0.943 bits per heavy atom. The first-order valence-electron chi connectivity index (χ1n) is 11.9. The predicted octanol–water partition coefficient (Wildman–Crippen LogP) is 6.11. The van der Waals surface area contributed by atoms with Crippen molar-refractivity contribution in [3.63, 3.8) is 0 Å². The van der Waals surface area contributed by atoms with Gasteiger partial charge in [-0.3, -0.25) is 9.55 Å². The molecular weight excluding hydrogens is 458 g/mol. The normalized spacial score (nSPS) is 14.5. The minimum absolute atomic E-state index is 0.200. The van der Waals surface area contributed by atoms with E-state index in [2.05, 4.69) is 52.3 Å². The Morgan fingerprint density at radius 3 is 2.34 bits per heavy atom. The van der Waals surface area contributed by atoms with Crippen molar-refractivity contribution >= 4 is 39.9 Å². The average molecular weight is 488 g/mol. The van der Waals surface area contributed by atoms with Gasteiger partial charge in [-0.1, -0.05) is 17.7 Å². The molecule has 0 spiro atoms. The van der Waals surface area contributed by atoms with Gasteiger partial charge >= 0.3 is 6.03 Å². The van der Waals surface area contributed by atoms with E-state index in [4.69, 9.17) is 11.6 Å². The number of hydrogen-bond donors (Lipinski definition) is 1. The van der Waals surface area contributed by atoms with Crippen LogP contribution in [0.3, 0.4) is 0 Å². The van der Waals surface area contributed by atoms with Gasteiger partial charge in [0.1, 0.15) is 0 Å². The van der Waals surface area contributed by atoms with Crippen LogP contribution in [0.2, 0.25) is 5.02 Å². The molecule has 1 aliphatic heterocycles. The van der Waals surface area contributed by atoms with E-state index in [0.717, 1.165) is 76.5 Å². The zero-order valence-electron chi connectivity index (χ0n) is 20.6. The van der Waals surface area contributed by atoms with Gasteiger partial charge in [0.05, 0.1) is 16.2 Å². The third-order valence-electron chi connectivity index (χ3n) is 6.69. The van der Waals surface area contributed by atoms with Gasteiger partial charge in [-0.15, -0.1) is 0 Å². The largest absolute Gasteiger partial charge is 0.368 e. The number of hydrogen-bond acceptors (Lipinski definition) is 4. The van der Waals surface area contributed by atoms with E-state index in [1.165, 1.54) is 0 Å². The summed E-state index contributed by atoms with van der Waals surface area (Å²) in [5.74, 6) is 0. The van der Waals surface area contributed by atoms with Crippen molar-refractivity contribution < 1.29 is 4.79 Å². The van der Waals surface area contributed by atoms with Gasteiger partial charge < -0.3 is 15.1 Å². The molecular formula is C28H30ClN5O. The van der Waals surface area contributed by atoms with E-state index in [0.29, 0.717) is 5.02 Å². The van der Waals surface area contributed by atoms with Crippen LogP contribution in [0.4, 0.5) is 16.2 Å². The number of fused-ring (bicyclic) bond motifs is 1. The molecule has 5 rings (SSSR count). The van der Waals surface area contributed by atoms with Gasteiger partial charge in [-0.2, -0.15) is 0 Å². The first-order chi connectivity index (χ1) is 16.8. The number of aryl methyl sites for hydroxylation is 3. The summed E-state index contributed by atoms with van der Waals surface area (Å²) in [5.41, 5.74) is 7.92. The highest BCUT2D eigenvalue weighted by Crippen LogP contribution is 2.33. The van der Waals surface area contributed by atoms with Crippen molar-refractivity contribution in [2.24, 2.45) is 0 Å². The van der Waals surface area contributed by atoms with Crippen molar-refractivity contribution in [3.05, 3.63) is 76.7 Å². The molecule has 0 saturated carbocycles. The molecule has 1 amide bonds. The van der Waals surface area contributed by atoms with Crippen LogP contribution < -0.4 is 10.2 Å². The number of piperazine rings is 1. The monoisotopic (exact) mass is 487 g/mol. The second-order valence-corrected chi connectivity index (χ2v) is 9.84. The number of carbonyl (C=O) groups excluding carboxylic acids is 1. The van der Waals surface area contributed by atoms with Crippen LogP contribution in [-0.4, -0.2) is 53.7 Å². The fourth-order valence-corrected chi connectivity index (χ4v) is 5.14. The molecule has 2 aromatic heterocycles. The van der Waals surface area contributed by atoms with Gasteiger partial charge in [0.2, 0.25) is 0 Å². The van der Waals surface area contributed by atoms with Gasteiger partial charge in [0.25, 0.3) is 0 Å². The zero-order valence-corrected chi connectivity index (χ0v) is 21.4. The Labute approximate surface area is 211 Å². The molecule has 1 saturated heterocycles. The molecule has 6 nitrogen and oxygen atoms in total. The SMILES string of the molecule is Cc1cc(-c2ccc(NC(=O)n3ccc4cc(Cl)c(N5CCN(C)CC5)cc43)cc2C)cc(C)n1. The number of amides is 1. The lowest BCUT2D eigenvalue weighted by molar-refractivity contribution is 0.254. The Bertz CT molecular complexity index is 1400. The van der Waals surface area contributed by atoms with E-state index in [1.54, 1.807) is 10.8 Å². The lowest BCUT2D eigenvalue weighted by Gasteiger charge is -2.34. The standard InChI is InChI=1S/C28H30ClN5O/c1-18-13-23(5-6-24(18)22-14-19(2)30-20(3)15-22)31-28(35)34-8-7-21-16-25(29)27(17-26(21)34)33-11-9-32(4)10-12-33/h5-8,13-17H,9-12H2,1-4H3,(H,31,35). The van der Waals surface area contributed by atoms with Crippen molar-refractivity contribution in [1.82, 2.24) is 14.5 Å². The summed E-state index contributed by atoms with van der Waals surface area (Å²) in [6.07, 6.45) is 1.80. The maximum atomic E-state index is 13.3. The number of nitrogens with zero attached hydrogens (tertiary/aromatic N) is 4. The number of rotatable bonds is 3. The average Bonchev–Trinajstić information content (AvgIpc) is 3.21. The number of pyridine rings is 1. The molecule has 0 radical (unpaired) electrons. The number of aromatic nitrogens is 2. The van der Waals surface area contributed by atoms with E-state index in [1.807, 2.05) is 44.2 Å². The highest BCUT2D eigenvalue weighted by Gasteiger charge is 2.19. The van der Waals surface area contributed by atoms with Crippen LogP contribution in [0.15, 0.2) is 54.7 Å². The maximum Gasteiger partial charge on any atom is 0.330 e. The Kier molecular flexibility index (Phi) is 6.26. The first kappa shape index (κ1) is 23.4. The summed E-state index contributed by atoms with van der Waals surface area (Å²) < 4.78 is 1.66. The quantitative estimate of drug-likeness (QED) is 0.378. The number of likely N-dealkylation sites (N-methyl/N-ethyl adjacent to an activating group) is 1. The summed E-state index contributed by atoms with van der Waals surface area (Å²) in [4.78, 5) is 22.3. The number of halogens is 1. The van der Waals surface area contributed by atoms with Crippen LogP contribution in [0, 0.1) is 20.8 Å². The van der Waals surface area contributed by atoms with Crippen LogP contribution in [-0.2, 0) is 0 Å². The molecule has 1 N–H and O–H groups in total. The van der Waals surface area contributed by atoms with Crippen LogP contribution >= 0.6 is 11.6 Å². The van der Waals surface area contributed by atoms with E-state index >= 15 is 0 Å². The first-order valence-corrected chi connectivity index (χ1v) is 12.3. The summed E-state index contributed by atoms with van der Waals surface area (Å²) in [5, 5.41) is 4.71. The molecule has 1 fully saturated rings. The molecule has 0 aliphatic carbocycles. The molecule has 1 aliphatic rings. The highest BCUT2D eigenvalue weighted by atomic mass is 35.5. The zero-order chi connectivity index (χ0) is 24.7. The number of anilines is 2. The minimum Gasteiger partial charge on any atom is -0.368 e. The molecule has 180 valence electrons. The summed E-state index contributed by atoms with van der Waals surface area (Å²) in [6, 6.07) is 15.9. The highest BCUT2D eigenvalue weighted by molar-refractivity contribution is 6.34. The van der Waals surface area contributed by atoms with Gasteiger partial charge in [0.15, 0.2) is 0 Å². The topological polar surface area (TPSA) is 53.4 Å². The molecule has 0 atom stereocenters. The molecule has 4 aromatic rings. The van der Waals surface area contributed by atoms with Gasteiger partial charge in [0, 0.05) is 54.8 Å². The third kappa shape index (κ3) is 4.77. The van der Waals surface area contributed by atoms with Crippen molar-refractivity contribution in [2.45, 2.75) is 20.8 Å². The molecule has 0 unspecified atom stereocenters. The fourth-order valence-electron chi connectivity index (χ4n) is 4.85. The number of benzene rings is 2. The second-order valence-electron chi connectivity index (χ2n) is 9.44. The van der Waals surface area contributed by atoms with Crippen molar-refractivity contribution in [3.8, 4) is 11.1 Å². The molecule has 35 heavy (non-hydrogen) atoms. The lowest BCUT2D eigenvalue weighted by Crippen LogP contribution is -2.44. The van der Waals surface area contributed by atoms with E-state index in [-0.39, 0.29) is 6.03 Å². The fraction of sp³-hybridized carbons (Fsp3) is 0.286. The summed E-state index contributed by atoms with van der Waals surface area (Å²) in [7, 11) is 2.13. The van der Waals surface area contributed by atoms with Crippen LogP contribution in [0.1, 0.15) is 17.0 Å². The predicted molar refractivity (Wildman–Crippen MR) is 145 cm³/mol. The molecule has 0 bridgehead atoms. The number of carbonyl (C=O) groups is 1. The van der Waals surface area contributed by atoms with E-state index < -0.39 is 0 Å². The Morgan fingerprint density at radius 2 is 1.66 bits per heavy atom. The Balaban J connectivity index is 1.40. The van der Waals surface area contributed by atoms with Crippen LogP contribution in [0.25, 0.3) is 22.0 Å². The van der Waals surface area contributed by atoms with E-state index in [9.17, 15) is 4.79 Å². The van der Waals surface area contributed by atoms with Gasteiger partial charge in [-0.25, -0.2) is 4.79 Å². The van der Waals surface area contributed by atoms with Gasteiger partial charge in [-0.05, 0) is 87.0 Å². The molecule has 7 heteroatoms. The third-order valence-corrected chi connectivity index (χ3v) is 6.99. The molecule has 3 heterocycles. The summed E-state index contributed by atoms with van der Waals surface area (Å²) in [6.45, 7) is 9.88. The minimum atomic E-state index is -0.200. The molecule has 2 aromatic carbocycles. The maximum absolute atomic E-state index is 13.3. The number of nitrogens with one attached hydrogen (secondary N) is 1. The van der Waals surface area contributed by atoms with Crippen molar-refractivity contribution in [1.29, 1.82) is 0 Å².